The van der Waals surface area contributed by atoms with Gasteiger partial charge in [-0.15, -0.1) is 0 Å². The first-order valence-corrected chi connectivity index (χ1v) is 7.06. The van der Waals surface area contributed by atoms with E-state index in [9.17, 15) is 8.78 Å². The first kappa shape index (κ1) is 15.0. The molecule has 1 heterocycles. The average molecular weight is 300 g/mol. The molecule has 0 amide bonds. The lowest BCUT2D eigenvalue weighted by atomic mass is 10.00. The second-order valence-electron chi connectivity index (χ2n) is 5.00. The number of likely N-dealkylation sites (tertiary alicyclic amines) is 1. The van der Waals surface area contributed by atoms with Crippen molar-refractivity contribution in [1.29, 1.82) is 0 Å². The van der Waals surface area contributed by atoms with Gasteiger partial charge in [0, 0.05) is 18.8 Å². The average Bonchev–Trinajstić information content (AvgIpc) is 2.41. The summed E-state index contributed by atoms with van der Waals surface area (Å²) in [5, 5.41) is 3.80. The van der Waals surface area contributed by atoms with Crippen LogP contribution in [0.4, 0.5) is 14.5 Å². The van der Waals surface area contributed by atoms with Crippen molar-refractivity contribution in [2.24, 2.45) is 5.92 Å². The van der Waals surface area contributed by atoms with Gasteiger partial charge < -0.3 is 15.0 Å². The van der Waals surface area contributed by atoms with E-state index in [0.29, 0.717) is 5.11 Å². The maximum atomic E-state index is 12.0. The van der Waals surface area contributed by atoms with E-state index in [0.717, 1.165) is 37.5 Å². The number of benzene rings is 1. The number of halogens is 2. The maximum Gasteiger partial charge on any atom is 0.387 e. The van der Waals surface area contributed by atoms with E-state index in [-0.39, 0.29) is 5.75 Å². The third kappa shape index (κ3) is 4.30. The number of rotatable bonds is 3. The SMILES string of the molecule is CC1CCN(C(=S)Nc2ccc(OC(F)F)cc2)CC1. The van der Waals surface area contributed by atoms with Crippen molar-refractivity contribution in [3.8, 4) is 5.75 Å². The molecule has 20 heavy (non-hydrogen) atoms. The number of anilines is 1. The summed E-state index contributed by atoms with van der Waals surface area (Å²) >= 11 is 5.36. The Morgan fingerprint density at radius 2 is 1.90 bits per heavy atom. The molecule has 0 atom stereocenters. The molecule has 0 bridgehead atoms. The zero-order valence-corrected chi connectivity index (χ0v) is 12.1. The third-order valence-corrected chi connectivity index (χ3v) is 3.76. The van der Waals surface area contributed by atoms with Crippen molar-refractivity contribution < 1.29 is 13.5 Å². The predicted octanol–water partition coefficient (Wildman–Crippen LogP) is 3.72. The van der Waals surface area contributed by atoms with Crippen LogP contribution in [0.15, 0.2) is 24.3 Å². The van der Waals surface area contributed by atoms with Crippen LogP contribution in [0.2, 0.25) is 0 Å². The van der Waals surface area contributed by atoms with Gasteiger partial charge in [-0.05, 0) is 55.2 Å². The van der Waals surface area contributed by atoms with Crippen LogP contribution in [-0.2, 0) is 0 Å². The topological polar surface area (TPSA) is 24.5 Å². The summed E-state index contributed by atoms with van der Waals surface area (Å²) in [5.74, 6) is 0.892. The number of ether oxygens (including phenoxy) is 1. The Hall–Kier alpha value is -1.43. The minimum absolute atomic E-state index is 0.142. The lowest BCUT2D eigenvalue weighted by Gasteiger charge is -2.32. The van der Waals surface area contributed by atoms with Crippen molar-refractivity contribution in [1.82, 2.24) is 4.90 Å². The normalized spacial score (nSPS) is 16.3. The number of nitrogens with zero attached hydrogens (tertiary/aromatic N) is 1. The van der Waals surface area contributed by atoms with Gasteiger partial charge in [0.1, 0.15) is 5.75 Å². The molecule has 1 aliphatic heterocycles. The van der Waals surface area contributed by atoms with Crippen LogP contribution in [0.5, 0.6) is 5.75 Å². The lowest BCUT2D eigenvalue weighted by molar-refractivity contribution is -0.0498. The van der Waals surface area contributed by atoms with E-state index in [4.69, 9.17) is 12.2 Å². The Kier molecular flexibility index (Phi) is 5.11. The Labute approximate surface area is 122 Å². The smallest absolute Gasteiger partial charge is 0.387 e. The Morgan fingerprint density at radius 3 is 2.45 bits per heavy atom. The number of hydrogen-bond acceptors (Lipinski definition) is 2. The molecule has 2 rings (SSSR count). The molecule has 0 radical (unpaired) electrons. The predicted molar refractivity (Wildman–Crippen MR) is 79.3 cm³/mol. The number of nitrogens with one attached hydrogen (secondary N) is 1. The summed E-state index contributed by atoms with van der Waals surface area (Å²) in [6, 6.07) is 6.35. The molecular weight excluding hydrogens is 282 g/mol. The monoisotopic (exact) mass is 300 g/mol. The highest BCUT2D eigenvalue weighted by molar-refractivity contribution is 7.80. The molecule has 1 aromatic rings. The fourth-order valence-electron chi connectivity index (χ4n) is 2.13. The first-order chi connectivity index (χ1) is 9.54. The second-order valence-corrected chi connectivity index (χ2v) is 5.39. The van der Waals surface area contributed by atoms with E-state index in [2.05, 4.69) is 21.9 Å². The lowest BCUT2D eigenvalue weighted by Crippen LogP contribution is -2.40. The number of thiocarbonyl (C=S) groups is 1. The van der Waals surface area contributed by atoms with Gasteiger partial charge >= 0.3 is 6.61 Å². The molecule has 0 spiro atoms. The molecule has 1 aliphatic rings. The highest BCUT2D eigenvalue weighted by Crippen LogP contribution is 2.20. The number of alkyl halides is 2. The fraction of sp³-hybridized carbons (Fsp3) is 0.500. The van der Waals surface area contributed by atoms with E-state index < -0.39 is 6.61 Å². The Morgan fingerprint density at radius 1 is 1.30 bits per heavy atom. The van der Waals surface area contributed by atoms with E-state index >= 15 is 0 Å². The van der Waals surface area contributed by atoms with E-state index in [1.54, 1.807) is 12.1 Å². The minimum atomic E-state index is -2.80. The molecular formula is C14H18F2N2OS. The maximum absolute atomic E-state index is 12.0. The summed E-state index contributed by atoms with van der Waals surface area (Å²) in [6.07, 6.45) is 2.28. The molecule has 1 saturated heterocycles. The largest absolute Gasteiger partial charge is 0.435 e. The zero-order valence-electron chi connectivity index (χ0n) is 11.3. The molecule has 1 fully saturated rings. The standard InChI is InChI=1S/C14H18F2N2OS/c1-10-6-8-18(9-7-10)14(20)17-11-2-4-12(5-3-11)19-13(15)16/h2-5,10,13H,6-9H2,1H3,(H,17,20). The van der Waals surface area contributed by atoms with Gasteiger partial charge in [-0.25, -0.2) is 0 Å². The summed E-state index contributed by atoms with van der Waals surface area (Å²) in [7, 11) is 0. The number of piperidine rings is 1. The minimum Gasteiger partial charge on any atom is -0.435 e. The van der Waals surface area contributed by atoms with Crippen LogP contribution in [0.25, 0.3) is 0 Å². The molecule has 0 saturated carbocycles. The fourth-order valence-corrected chi connectivity index (χ4v) is 2.43. The van der Waals surface area contributed by atoms with Crippen molar-refractivity contribution in [3.05, 3.63) is 24.3 Å². The molecule has 0 unspecified atom stereocenters. The molecule has 0 aliphatic carbocycles. The molecule has 1 N–H and O–H groups in total. The molecule has 1 aromatic carbocycles. The van der Waals surface area contributed by atoms with Crippen LogP contribution in [0.3, 0.4) is 0 Å². The highest BCUT2D eigenvalue weighted by Gasteiger charge is 2.17. The molecule has 6 heteroatoms. The van der Waals surface area contributed by atoms with Crippen LogP contribution in [0.1, 0.15) is 19.8 Å². The third-order valence-electron chi connectivity index (χ3n) is 3.40. The van der Waals surface area contributed by atoms with Gasteiger partial charge in [0.15, 0.2) is 5.11 Å². The van der Waals surface area contributed by atoms with Crippen molar-refractivity contribution in [2.45, 2.75) is 26.4 Å². The molecule has 0 aromatic heterocycles. The van der Waals surface area contributed by atoms with Gasteiger partial charge in [0.05, 0.1) is 0 Å². The van der Waals surface area contributed by atoms with Crippen LogP contribution < -0.4 is 10.1 Å². The van der Waals surface area contributed by atoms with Gasteiger partial charge in [-0.2, -0.15) is 8.78 Å². The van der Waals surface area contributed by atoms with Crippen molar-refractivity contribution >= 4 is 23.0 Å². The van der Waals surface area contributed by atoms with Gasteiger partial charge in [0.25, 0.3) is 0 Å². The van der Waals surface area contributed by atoms with E-state index in [1.165, 1.54) is 12.1 Å². The Bertz CT molecular complexity index is 445. The molecule has 110 valence electrons. The second kappa shape index (κ2) is 6.83. The Balaban J connectivity index is 1.88. The van der Waals surface area contributed by atoms with Crippen molar-refractivity contribution in [3.63, 3.8) is 0 Å². The number of hydrogen-bond donors (Lipinski definition) is 1. The van der Waals surface area contributed by atoms with Gasteiger partial charge in [0.2, 0.25) is 0 Å². The van der Waals surface area contributed by atoms with Crippen LogP contribution in [0, 0.1) is 5.92 Å². The van der Waals surface area contributed by atoms with Gasteiger partial charge in [-0.3, -0.25) is 0 Å². The van der Waals surface area contributed by atoms with Crippen LogP contribution >= 0.6 is 12.2 Å². The highest BCUT2D eigenvalue weighted by atomic mass is 32.1. The summed E-state index contributed by atoms with van der Waals surface area (Å²) in [4.78, 5) is 2.14. The zero-order chi connectivity index (χ0) is 14.5. The summed E-state index contributed by atoms with van der Waals surface area (Å²) in [5.41, 5.74) is 0.773. The van der Waals surface area contributed by atoms with Crippen LogP contribution in [-0.4, -0.2) is 29.7 Å². The quantitative estimate of drug-likeness (QED) is 0.860. The van der Waals surface area contributed by atoms with E-state index in [1.807, 2.05) is 0 Å². The first-order valence-electron chi connectivity index (χ1n) is 6.65. The van der Waals surface area contributed by atoms with Crippen molar-refractivity contribution in [2.75, 3.05) is 18.4 Å². The molecule has 3 nitrogen and oxygen atoms in total. The van der Waals surface area contributed by atoms with Gasteiger partial charge in [-0.1, -0.05) is 6.92 Å². The summed E-state index contributed by atoms with van der Waals surface area (Å²) in [6.45, 7) is 1.36. The summed E-state index contributed by atoms with van der Waals surface area (Å²) < 4.78 is 28.4.